The van der Waals surface area contributed by atoms with E-state index in [1.807, 2.05) is 12.1 Å². The van der Waals surface area contributed by atoms with Gasteiger partial charge in [-0.15, -0.1) is 0 Å². The molecule has 0 radical (unpaired) electrons. The molecule has 148 valence electrons. The molecule has 3 rings (SSSR count). The molecular formula is C19H19F5O2S. The van der Waals surface area contributed by atoms with E-state index in [1.165, 1.54) is 19.3 Å². The molecule has 2 aromatic carbocycles. The largest absolute Gasteiger partial charge is 0.423 e. The van der Waals surface area contributed by atoms with Crippen LogP contribution in [-0.2, 0) is 0 Å². The number of rotatable bonds is 4. The Bertz CT molecular complexity index is 841. The SMILES string of the molecule is O=C(Oc1ccc(C2CCCCC2)cc1)c1cccc(S(F)(F)(F)(F)F)c1. The van der Waals surface area contributed by atoms with Crippen LogP contribution in [0.25, 0.3) is 0 Å². The summed E-state index contributed by atoms with van der Waals surface area (Å²) in [6, 6.07) is 8.92. The van der Waals surface area contributed by atoms with Crippen LogP contribution in [0.15, 0.2) is 53.4 Å². The van der Waals surface area contributed by atoms with Crippen LogP contribution in [0.5, 0.6) is 5.75 Å². The van der Waals surface area contributed by atoms with Crippen LogP contribution >= 0.6 is 10.2 Å². The zero-order chi connectivity index (χ0) is 19.8. The first-order valence-corrected chi connectivity index (χ1v) is 10.5. The normalized spacial score (nSPS) is 18.4. The Kier molecular flexibility index (Phi) is 4.53. The van der Waals surface area contributed by atoms with Gasteiger partial charge in [-0.25, -0.2) is 4.79 Å². The average molecular weight is 406 g/mol. The zero-order valence-electron chi connectivity index (χ0n) is 14.3. The summed E-state index contributed by atoms with van der Waals surface area (Å²) in [7, 11) is -9.85. The molecule has 0 bridgehead atoms. The van der Waals surface area contributed by atoms with Gasteiger partial charge in [-0.3, -0.25) is 0 Å². The van der Waals surface area contributed by atoms with E-state index in [0.717, 1.165) is 30.5 Å². The van der Waals surface area contributed by atoms with Gasteiger partial charge in [-0.05, 0) is 54.7 Å². The Morgan fingerprint density at radius 1 is 0.889 bits per heavy atom. The van der Waals surface area contributed by atoms with Crippen LogP contribution in [0.3, 0.4) is 0 Å². The molecule has 0 atom stereocenters. The smallest absolute Gasteiger partial charge is 0.343 e. The highest BCUT2D eigenvalue weighted by Gasteiger charge is 2.65. The molecule has 0 heterocycles. The number of hydrogen-bond acceptors (Lipinski definition) is 2. The van der Waals surface area contributed by atoms with Gasteiger partial charge in [0.2, 0.25) is 0 Å². The van der Waals surface area contributed by atoms with E-state index in [0.29, 0.717) is 5.92 Å². The van der Waals surface area contributed by atoms with E-state index in [2.05, 4.69) is 0 Å². The average Bonchev–Trinajstić information content (AvgIpc) is 2.61. The fourth-order valence-electron chi connectivity index (χ4n) is 3.27. The fraction of sp³-hybridized carbons (Fsp3) is 0.316. The summed E-state index contributed by atoms with van der Waals surface area (Å²) in [5.41, 5.74) is 0.537. The van der Waals surface area contributed by atoms with E-state index in [9.17, 15) is 24.2 Å². The van der Waals surface area contributed by atoms with Crippen molar-refractivity contribution in [2.24, 2.45) is 0 Å². The summed E-state index contributed by atoms with van der Waals surface area (Å²) in [5.74, 6) is -0.515. The first-order chi connectivity index (χ1) is 12.4. The lowest BCUT2D eigenvalue weighted by molar-refractivity contribution is 0.0734. The van der Waals surface area contributed by atoms with Crippen molar-refractivity contribution in [2.75, 3.05) is 0 Å². The Morgan fingerprint density at radius 3 is 2.11 bits per heavy atom. The van der Waals surface area contributed by atoms with E-state index in [-0.39, 0.29) is 17.9 Å². The van der Waals surface area contributed by atoms with Crippen molar-refractivity contribution in [2.45, 2.75) is 42.9 Å². The highest BCUT2D eigenvalue weighted by atomic mass is 32.5. The van der Waals surface area contributed by atoms with Crippen LogP contribution in [0.2, 0.25) is 0 Å². The second kappa shape index (κ2) is 6.22. The third-order valence-electron chi connectivity index (χ3n) is 4.68. The lowest BCUT2D eigenvalue weighted by atomic mass is 9.84. The Labute approximate surface area is 154 Å². The molecular weight excluding hydrogens is 387 g/mol. The lowest BCUT2D eigenvalue weighted by Gasteiger charge is -2.40. The number of halogens is 5. The van der Waals surface area contributed by atoms with Crippen LogP contribution < -0.4 is 4.74 Å². The molecule has 1 saturated carbocycles. The fourth-order valence-corrected chi connectivity index (χ4v) is 3.96. The minimum Gasteiger partial charge on any atom is -0.423 e. The summed E-state index contributed by atoms with van der Waals surface area (Å²) in [4.78, 5) is 9.95. The van der Waals surface area contributed by atoms with Crippen molar-refractivity contribution in [3.8, 4) is 5.75 Å². The number of hydrogen-bond donors (Lipinski definition) is 0. The second-order valence-electron chi connectivity index (χ2n) is 6.79. The van der Waals surface area contributed by atoms with Gasteiger partial charge in [0.15, 0.2) is 0 Å². The van der Waals surface area contributed by atoms with Crippen LogP contribution in [0.1, 0.15) is 53.9 Å². The number of esters is 1. The van der Waals surface area contributed by atoms with Crippen molar-refractivity contribution >= 4 is 16.2 Å². The molecule has 0 N–H and O–H groups in total. The molecule has 0 spiro atoms. The predicted octanol–water partition coefficient (Wildman–Crippen LogP) is 7.61. The van der Waals surface area contributed by atoms with E-state index in [1.54, 1.807) is 12.1 Å². The van der Waals surface area contributed by atoms with Crippen molar-refractivity contribution in [1.82, 2.24) is 0 Å². The molecule has 2 aromatic rings. The summed E-state index contributed by atoms with van der Waals surface area (Å²) >= 11 is 0. The van der Waals surface area contributed by atoms with Crippen LogP contribution in [-0.4, -0.2) is 5.97 Å². The molecule has 0 aromatic heterocycles. The summed E-state index contributed by atoms with van der Waals surface area (Å²) in [6.07, 6.45) is 5.76. The predicted molar refractivity (Wildman–Crippen MR) is 95.1 cm³/mol. The van der Waals surface area contributed by atoms with Crippen molar-refractivity contribution < 1.29 is 29.0 Å². The minimum atomic E-state index is -9.85. The summed E-state index contributed by atoms with van der Waals surface area (Å²) < 4.78 is 69.5. The van der Waals surface area contributed by atoms with Crippen molar-refractivity contribution in [3.05, 3.63) is 59.7 Å². The summed E-state index contributed by atoms with van der Waals surface area (Å²) in [6.45, 7) is 0. The molecule has 27 heavy (non-hydrogen) atoms. The molecule has 8 heteroatoms. The molecule has 1 fully saturated rings. The van der Waals surface area contributed by atoms with Gasteiger partial charge >= 0.3 is 16.2 Å². The maximum atomic E-state index is 12.9. The van der Waals surface area contributed by atoms with Gasteiger partial charge in [0.1, 0.15) is 10.6 Å². The summed E-state index contributed by atoms with van der Waals surface area (Å²) in [5, 5.41) is 0. The first-order valence-electron chi connectivity index (χ1n) is 8.59. The monoisotopic (exact) mass is 406 g/mol. The Balaban J connectivity index is 1.74. The Morgan fingerprint density at radius 2 is 1.52 bits per heavy atom. The topological polar surface area (TPSA) is 26.3 Å². The standard InChI is InChI=1S/C19H19F5O2S/c20-27(21,22,23,24)18-8-4-7-16(13-18)19(25)26-17-11-9-15(10-12-17)14-5-2-1-3-6-14/h4,7-14H,1-3,5-6H2. The van der Waals surface area contributed by atoms with Gasteiger partial charge in [-0.1, -0.05) is 56.9 Å². The van der Waals surface area contributed by atoms with Gasteiger partial charge < -0.3 is 4.74 Å². The lowest BCUT2D eigenvalue weighted by Crippen LogP contribution is -2.11. The number of carbonyl (C=O) groups is 1. The number of carbonyl (C=O) groups excluding carboxylic acids is 1. The van der Waals surface area contributed by atoms with Crippen molar-refractivity contribution in [3.63, 3.8) is 0 Å². The van der Waals surface area contributed by atoms with Crippen molar-refractivity contribution in [1.29, 1.82) is 0 Å². The van der Waals surface area contributed by atoms with Gasteiger partial charge in [0, 0.05) is 0 Å². The molecule has 0 aliphatic heterocycles. The van der Waals surface area contributed by atoms with Gasteiger partial charge in [0.25, 0.3) is 0 Å². The molecule has 0 amide bonds. The van der Waals surface area contributed by atoms with E-state index < -0.39 is 26.7 Å². The second-order valence-corrected chi connectivity index (χ2v) is 9.20. The third kappa shape index (κ3) is 5.00. The molecule has 0 unspecified atom stereocenters. The van der Waals surface area contributed by atoms with E-state index in [4.69, 9.17) is 4.74 Å². The maximum Gasteiger partial charge on any atom is 0.343 e. The highest BCUT2D eigenvalue weighted by Crippen LogP contribution is 3.02. The van der Waals surface area contributed by atoms with Crippen LogP contribution in [0.4, 0.5) is 19.4 Å². The molecule has 1 aliphatic carbocycles. The Hall–Kier alpha value is -2.09. The number of benzene rings is 2. The first kappa shape index (κ1) is 19.7. The molecule has 0 saturated heterocycles. The number of ether oxygens (including phenoxy) is 1. The van der Waals surface area contributed by atoms with Gasteiger partial charge in [0.05, 0.1) is 5.56 Å². The van der Waals surface area contributed by atoms with Crippen LogP contribution in [0, 0.1) is 0 Å². The quantitative estimate of drug-likeness (QED) is 0.297. The highest BCUT2D eigenvalue weighted by molar-refractivity contribution is 8.45. The van der Waals surface area contributed by atoms with E-state index >= 15 is 0 Å². The molecule has 2 nitrogen and oxygen atoms in total. The zero-order valence-corrected chi connectivity index (χ0v) is 15.2. The minimum absolute atomic E-state index is 0.125. The molecule has 1 aliphatic rings. The third-order valence-corrected chi connectivity index (χ3v) is 5.83. The maximum absolute atomic E-state index is 12.9. The van der Waals surface area contributed by atoms with Gasteiger partial charge in [-0.2, -0.15) is 0 Å².